The number of aromatic nitrogens is 1. The molecule has 1 aliphatic rings. The van der Waals surface area contributed by atoms with Crippen molar-refractivity contribution in [2.45, 2.75) is 51.9 Å². The molecule has 29 heavy (non-hydrogen) atoms. The first kappa shape index (κ1) is 21.2. The molecule has 7 heteroatoms. The third-order valence-corrected chi connectivity index (χ3v) is 5.44. The number of amides is 2. The second-order valence-electron chi connectivity index (χ2n) is 8.76. The number of benzene rings is 1. The molecule has 1 saturated heterocycles. The number of nitrogens with zero attached hydrogens (tertiary/aromatic N) is 2. The molecular weight excluding hydrogens is 368 g/mol. The van der Waals surface area contributed by atoms with E-state index in [0.29, 0.717) is 6.54 Å². The molecule has 0 radical (unpaired) electrons. The fraction of sp³-hybridized carbons (Fsp3) is 0.500. The fourth-order valence-corrected chi connectivity index (χ4v) is 3.95. The molecule has 0 bridgehead atoms. The molecule has 0 aliphatic carbocycles. The van der Waals surface area contributed by atoms with Crippen LogP contribution >= 0.6 is 0 Å². The van der Waals surface area contributed by atoms with Crippen LogP contribution in [0.5, 0.6) is 0 Å². The molecule has 2 heterocycles. The summed E-state index contributed by atoms with van der Waals surface area (Å²) in [4.78, 5) is 31.6. The Morgan fingerprint density at radius 2 is 2.03 bits per heavy atom. The van der Waals surface area contributed by atoms with Crippen molar-refractivity contribution in [3.8, 4) is 0 Å². The average Bonchev–Trinajstić information content (AvgIpc) is 3.07. The van der Waals surface area contributed by atoms with E-state index in [9.17, 15) is 14.7 Å². The van der Waals surface area contributed by atoms with Gasteiger partial charge in [0.15, 0.2) is 0 Å². The number of pyridine rings is 1. The highest BCUT2D eigenvalue weighted by molar-refractivity contribution is 5.91. The lowest BCUT2D eigenvalue weighted by Gasteiger charge is -2.34. The van der Waals surface area contributed by atoms with E-state index >= 15 is 0 Å². The van der Waals surface area contributed by atoms with Gasteiger partial charge in [0.1, 0.15) is 6.04 Å². The Kier molecular flexibility index (Phi) is 6.19. The monoisotopic (exact) mass is 398 g/mol. The van der Waals surface area contributed by atoms with Gasteiger partial charge >= 0.3 is 0 Å². The maximum absolute atomic E-state index is 13.1. The standard InChI is InChI=1S/C22H30N4O3/c1-22(2,3)19(23-4)21(29)26-13-17(27)10-18(26)20(28)25-11-14-5-6-15-7-8-24-12-16(15)9-14/h5-9,12,17-19,23,27H,10-11,13H2,1-4H3,(H,25,28)/t17-,18+,19-/m1/s1. The second kappa shape index (κ2) is 8.47. The number of likely N-dealkylation sites (tertiary alicyclic amines) is 1. The minimum atomic E-state index is -0.695. The van der Waals surface area contributed by atoms with Gasteiger partial charge in [-0.3, -0.25) is 14.6 Å². The first-order chi connectivity index (χ1) is 13.7. The Balaban J connectivity index is 1.70. The Morgan fingerprint density at radius 3 is 2.72 bits per heavy atom. The van der Waals surface area contributed by atoms with Crippen LogP contribution in [-0.2, 0) is 16.1 Å². The zero-order chi connectivity index (χ0) is 21.2. The quantitative estimate of drug-likeness (QED) is 0.709. The molecule has 3 N–H and O–H groups in total. The molecular formula is C22H30N4O3. The van der Waals surface area contributed by atoms with Crippen LogP contribution in [0, 0.1) is 5.41 Å². The molecule has 3 rings (SSSR count). The van der Waals surface area contributed by atoms with Crippen molar-refractivity contribution in [1.82, 2.24) is 20.5 Å². The van der Waals surface area contributed by atoms with Crippen LogP contribution in [-0.4, -0.2) is 58.6 Å². The first-order valence-corrected chi connectivity index (χ1v) is 9.97. The van der Waals surface area contributed by atoms with E-state index in [1.165, 1.54) is 4.90 Å². The minimum Gasteiger partial charge on any atom is -0.391 e. The van der Waals surface area contributed by atoms with Crippen LogP contribution in [0.3, 0.4) is 0 Å². The Bertz CT molecular complexity index is 893. The van der Waals surface area contributed by atoms with Gasteiger partial charge in [-0.25, -0.2) is 0 Å². The van der Waals surface area contributed by atoms with Gasteiger partial charge in [-0.1, -0.05) is 32.9 Å². The van der Waals surface area contributed by atoms with E-state index in [-0.39, 0.29) is 30.2 Å². The van der Waals surface area contributed by atoms with E-state index in [4.69, 9.17) is 0 Å². The lowest BCUT2D eigenvalue weighted by Crippen LogP contribution is -2.55. The maximum Gasteiger partial charge on any atom is 0.243 e. The van der Waals surface area contributed by atoms with Crippen LogP contribution in [0.15, 0.2) is 36.7 Å². The maximum atomic E-state index is 13.1. The number of likely N-dealkylation sites (N-methyl/N-ethyl adjacent to an activating group) is 1. The highest BCUT2D eigenvalue weighted by Gasteiger charge is 2.43. The van der Waals surface area contributed by atoms with E-state index in [0.717, 1.165) is 16.3 Å². The first-order valence-electron chi connectivity index (χ1n) is 9.97. The fourth-order valence-electron chi connectivity index (χ4n) is 3.95. The van der Waals surface area contributed by atoms with Gasteiger partial charge in [-0.05, 0) is 35.5 Å². The molecule has 2 amide bonds. The summed E-state index contributed by atoms with van der Waals surface area (Å²) in [5.74, 6) is -0.404. The number of carbonyl (C=O) groups is 2. The molecule has 1 fully saturated rings. The molecule has 0 saturated carbocycles. The molecule has 3 atom stereocenters. The van der Waals surface area contributed by atoms with Crippen LogP contribution < -0.4 is 10.6 Å². The molecule has 1 aromatic carbocycles. The van der Waals surface area contributed by atoms with Crippen molar-refractivity contribution >= 4 is 22.6 Å². The van der Waals surface area contributed by atoms with Crippen molar-refractivity contribution in [3.05, 3.63) is 42.2 Å². The minimum absolute atomic E-state index is 0.159. The van der Waals surface area contributed by atoms with E-state index in [1.54, 1.807) is 19.4 Å². The van der Waals surface area contributed by atoms with Gasteiger partial charge in [0.2, 0.25) is 11.8 Å². The summed E-state index contributed by atoms with van der Waals surface area (Å²) in [5.41, 5.74) is 0.651. The Morgan fingerprint density at radius 1 is 1.28 bits per heavy atom. The third-order valence-electron chi connectivity index (χ3n) is 5.44. The van der Waals surface area contributed by atoms with Gasteiger partial charge in [0, 0.05) is 37.3 Å². The predicted molar refractivity (Wildman–Crippen MR) is 112 cm³/mol. The summed E-state index contributed by atoms with van der Waals surface area (Å²) >= 11 is 0. The van der Waals surface area contributed by atoms with Crippen molar-refractivity contribution in [2.24, 2.45) is 5.41 Å². The second-order valence-corrected chi connectivity index (χ2v) is 8.76. The molecule has 156 valence electrons. The lowest BCUT2D eigenvalue weighted by atomic mass is 9.86. The molecule has 0 unspecified atom stereocenters. The van der Waals surface area contributed by atoms with Gasteiger partial charge in [0.05, 0.1) is 12.1 Å². The summed E-state index contributed by atoms with van der Waals surface area (Å²) in [6.07, 6.45) is 3.09. The summed E-state index contributed by atoms with van der Waals surface area (Å²) in [6.45, 7) is 6.45. The number of fused-ring (bicyclic) bond motifs is 1. The van der Waals surface area contributed by atoms with Crippen LogP contribution in [0.2, 0.25) is 0 Å². The topological polar surface area (TPSA) is 94.6 Å². The number of hydrogen-bond donors (Lipinski definition) is 3. The van der Waals surface area contributed by atoms with Crippen molar-refractivity contribution in [2.75, 3.05) is 13.6 Å². The van der Waals surface area contributed by atoms with Crippen molar-refractivity contribution < 1.29 is 14.7 Å². The largest absolute Gasteiger partial charge is 0.391 e. The SMILES string of the molecule is CN[C@H](C(=O)N1C[C@H](O)C[C@H]1C(=O)NCc1ccc2ccncc2c1)C(C)(C)C. The van der Waals surface area contributed by atoms with Gasteiger partial charge < -0.3 is 20.6 Å². The zero-order valence-electron chi connectivity index (χ0n) is 17.5. The third kappa shape index (κ3) is 4.74. The molecule has 1 aliphatic heterocycles. The zero-order valence-corrected chi connectivity index (χ0v) is 17.5. The molecule has 0 spiro atoms. The molecule has 7 nitrogen and oxygen atoms in total. The Labute approximate surface area is 171 Å². The summed E-state index contributed by atoms with van der Waals surface area (Å²) in [5, 5.41) is 18.2. The molecule has 1 aromatic heterocycles. The van der Waals surface area contributed by atoms with Gasteiger partial charge in [-0.2, -0.15) is 0 Å². The number of β-amino-alcohol motifs (C(OH)–C–C–N with tert-alkyl or cyclic N) is 1. The summed E-state index contributed by atoms with van der Waals surface area (Å²) < 4.78 is 0. The van der Waals surface area contributed by atoms with Crippen molar-refractivity contribution in [1.29, 1.82) is 0 Å². The number of hydrogen-bond acceptors (Lipinski definition) is 5. The van der Waals surface area contributed by atoms with E-state index in [1.807, 2.05) is 45.0 Å². The predicted octanol–water partition coefficient (Wildman–Crippen LogP) is 1.45. The summed E-state index contributed by atoms with van der Waals surface area (Å²) in [7, 11) is 1.74. The van der Waals surface area contributed by atoms with Gasteiger partial charge in [0.25, 0.3) is 0 Å². The summed E-state index contributed by atoms with van der Waals surface area (Å²) in [6, 6.07) is 6.79. The number of aliphatic hydroxyl groups excluding tert-OH is 1. The smallest absolute Gasteiger partial charge is 0.243 e. The molecule has 2 aromatic rings. The number of carbonyl (C=O) groups excluding carboxylic acids is 2. The van der Waals surface area contributed by atoms with Crippen LogP contribution in [0.25, 0.3) is 10.8 Å². The van der Waals surface area contributed by atoms with Crippen LogP contribution in [0.1, 0.15) is 32.8 Å². The number of rotatable bonds is 5. The van der Waals surface area contributed by atoms with E-state index < -0.39 is 18.2 Å². The highest BCUT2D eigenvalue weighted by Crippen LogP contribution is 2.26. The van der Waals surface area contributed by atoms with Crippen molar-refractivity contribution in [3.63, 3.8) is 0 Å². The average molecular weight is 399 g/mol. The number of nitrogens with one attached hydrogen (secondary N) is 2. The number of aliphatic hydroxyl groups is 1. The highest BCUT2D eigenvalue weighted by atomic mass is 16.3. The van der Waals surface area contributed by atoms with E-state index in [2.05, 4.69) is 15.6 Å². The van der Waals surface area contributed by atoms with Crippen LogP contribution in [0.4, 0.5) is 0 Å². The van der Waals surface area contributed by atoms with Gasteiger partial charge in [-0.15, -0.1) is 0 Å². The Hall–Kier alpha value is -2.51. The normalized spacial score (nSPS) is 20.7. The lowest BCUT2D eigenvalue weighted by molar-refractivity contribution is -0.142.